The fourth-order valence-corrected chi connectivity index (χ4v) is 6.16. The first kappa shape index (κ1) is 19.2. The van der Waals surface area contributed by atoms with Gasteiger partial charge >= 0.3 is 0 Å². The largest absolute Gasteiger partial charge is 0.368 e. The highest BCUT2D eigenvalue weighted by molar-refractivity contribution is 5.82. The van der Waals surface area contributed by atoms with E-state index in [9.17, 15) is 9.59 Å². The van der Waals surface area contributed by atoms with Crippen molar-refractivity contribution in [2.24, 2.45) is 11.8 Å². The van der Waals surface area contributed by atoms with Gasteiger partial charge in [0.05, 0.1) is 12.1 Å². The van der Waals surface area contributed by atoms with Crippen molar-refractivity contribution in [1.82, 2.24) is 15.1 Å². The number of piperazine rings is 1. The third kappa shape index (κ3) is 3.75. The van der Waals surface area contributed by atoms with E-state index in [0.29, 0.717) is 19.1 Å². The van der Waals surface area contributed by atoms with Gasteiger partial charge in [-0.15, -0.1) is 0 Å². The van der Waals surface area contributed by atoms with Gasteiger partial charge in [0.25, 0.3) is 5.91 Å². The molecule has 1 aliphatic carbocycles. The smallest absolute Gasteiger partial charge is 0.252 e. The number of hydrogen-bond acceptors (Lipinski definition) is 4. The molecule has 1 saturated carbocycles. The van der Waals surface area contributed by atoms with Crippen molar-refractivity contribution in [3.8, 4) is 0 Å². The molecule has 3 saturated heterocycles. The van der Waals surface area contributed by atoms with Crippen molar-refractivity contribution in [2.45, 2.75) is 83.0 Å². The molecule has 27 heavy (non-hydrogen) atoms. The first-order valence-electron chi connectivity index (χ1n) is 11.0. The average molecular weight is 378 g/mol. The Balaban J connectivity index is 1.55. The molecule has 3 heterocycles. The zero-order valence-electron chi connectivity index (χ0n) is 16.9. The second-order valence-corrected chi connectivity index (χ2v) is 9.06. The maximum Gasteiger partial charge on any atom is 0.252 e. The van der Waals surface area contributed by atoms with E-state index >= 15 is 0 Å². The summed E-state index contributed by atoms with van der Waals surface area (Å²) < 4.78 is 5.72. The third-order valence-electron chi connectivity index (χ3n) is 7.42. The summed E-state index contributed by atoms with van der Waals surface area (Å²) in [5, 5.41) is 3.47. The number of amides is 2. The molecule has 0 spiro atoms. The highest BCUT2D eigenvalue weighted by Gasteiger charge is 2.48. The number of piperidine rings is 1. The molecule has 5 atom stereocenters. The van der Waals surface area contributed by atoms with Crippen molar-refractivity contribution in [3.63, 3.8) is 0 Å². The Labute approximate surface area is 163 Å². The lowest BCUT2D eigenvalue weighted by Gasteiger charge is -2.55. The minimum atomic E-state index is -0.263. The topological polar surface area (TPSA) is 61.9 Å². The van der Waals surface area contributed by atoms with Gasteiger partial charge in [0, 0.05) is 26.1 Å². The molecular formula is C21H35N3O3. The Bertz CT molecular complexity index is 557. The van der Waals surface area contributed by atoms with Crippen molar-refractivity contribution < 1.29 is 14.3 Å². The van der Waals surface area contributed by atoms with Gasteiger partial charge in [0.2, 0.25) is 5.91 Å². The number of hydrogen-bond donors (Lipinski definition) is 1. The van der Waals surface area contributed by atoms with Crippen molar-refractivity contribution >= 4 is 11.8 Å². The third-order valence-corrected chi connectivity index (χ3v) is 7.42. The van der Waals surface area contributed by atoms with Gasteiger partial charge in [0.15, 0.2) is 0 Å². The number of nitrogens with zero attached hydrogens (tertiary/aromatic N) is 2. The lowest BCUT2D eigenvalue weighted by atomic mass is 9.71. The van der Waals surface area contributed by atoms with Gasteiger partial charge in [-0.25, -0.2) is 0 Å². The predicted molar refractivity (Wildman–Crippen MR) is 103 cm³/mol. The average Bonchev–Trinajstić information content (AvgIpc) is 3.21. The molecule has 0 bridgehead atoms. The number of ether oxygens (including phenoxy) is 1. The van der Waals surface area contributed by atoms with Gasteiger partial charge in [-0.1, -0.05) is 0 Å². The van der Waals surface area contributed by atoms with Crippen LogP contribution in [0.15, 0.2) is 0 Å². The minimum Gasteiger partial charge on any atom is -0.368 e. The van der Waals surface area contributed by atoms with Crippen LogP contribution < -0.4 is 5.32 Å². The Morgan fingerprint density at radius 3 is 2.44 bits per heavy atom. The van der Waals surface area contributed by atoms with Crippen LogP contribution in [0.2, 0.25) is 0 Å². The summed E-state index contributed by atoms with van der Waals surface area (Å²) in [6.07, 6.45) is 7.30. The maximum absolute atomic E-state index is 13.2. The molecule has 4 rings (SSSR count). The Morgan fingerprint density at radius 1 is 1.00 bits per heavy atom. The predicted octanol–water partition coefficient (Wildman–Crippen LogP) is 1.78. The summed E-state index contributed by atoms with van der Waals surface area (Å²) in [6.45, 7) is 7.36. The SMILES string of the molecule is CC(=O)N1C2CCC(C3CCNCC3)CC2N(C(=O)C2CCCO2)C[C@@H]1C. The van der Waals surface area contributed by atoms with Crippen LogP contribution in [0.3, 0.4) is 0 Å². The van der Waals surface area contributed by atoms with E-state index in [4.69, 9.17) is 4.74 Å². The van der Waals surface area contributed by atoms with Crippen LogP contribution >= 0.6 is 0 Å². The zero-order chi connectivity index (χ0) is 19.0. The zero-order valence-corrected chi connectivity index (χ0v) is 16.9. The monoisotopic (exact) mass is 377 g/mol. The molecule has 152 valence electrons. The Hall–Kier alpha value is -1.14. The van der Waals surface area contributed by atoms with Gasteiger partial charge in [-0.05, 0) is 76.8 Å². The second kappa shape index (κ2) is 8.08. The van der Waals surface area contributed by atoms with Crippen molar-refractivity contribution in [2.75, 3.05) is 26.2 Å². The molecule has 6 heteroatoms. The molecule has 4 aliphatic rings. The van der Waals surface area contributed by atoms with Crippen LogP contribution in [0.1, 0.15) is 58.8 Å². The molecule has 0 aromatic carbocycles. The summed E-state index contributed by atoms with van der Waals surface area (Å²) in [4.78, 5) is 29.8. The van der Waals surface area contributed by atoms with Crippen LogP contribution in [0, 0.1) is 11.8 Å². The Kier molecular flexibility index (Phi) is 5.74. The number of rotatable bonds is 2. The molecule has 0 aromatic heterocycles. The van der Waals surface area contributed by atoms with E-state index in [-0.39, 0.29) is 36.0 Å². The van der Waals surface area contributed by atoms with E-state index in [1.54, 1.807) is 6.92 Å². The first-order valence-corrected chi connectivity index (χ1v) is 11.0. The summed E-state index contributed by atoms with van der Waals surface area (Å²) in [5.74, 6) is 1.76. The molecule has 0 aromatic rings. The summed E-state index contributed by atoms with van der Waals surface area (Å²) in [5.41, 5.74) is 0. The van der Waals surface area contributed by atoms with E-state index in [0.717, 1.165) is 44.7 Å². The van der Waals surface area contributed by atoms with Gasteiger partial charge < -0.3 is 19.9 Å². The van der Waals surface area contributed by atoms with Crippen LogP contribution in [-0.2, 0) is 14.3 Å². The van der Waals surface area contributed by atoms with Crippen LogP contribution in [-0.4, -0.2) is 72.1 Å². The minimum absolute atomic E-state index is 0.0875. The van der Waals surface area contributed by atoms with E-state index in [1.807, 2.05) is 0 Å². The van der Waals surface area contributed by atoms with E-state index in [1.165, 1.54) is 19.3 Å². The van der Waals surface area contributed by atoms with Gasteiger partial charge in [-0.3, -0.25) is 9.59 Å². The lowest BCUT2D eigenvalue weighted by Crippen LogP contribution is -2.68. The number of carbonyl (C=O) groups is 2. The number of carbonyl (C=O) groups excluding carboxylic acids is 2. The number of fused-ring (bicyclic) bond motifs is 1. The van der Waals surface area contributed by atoms with Crippen LogP contribution in [0.25, 0.3) is 0 Å². The summed E-state index contributed by atoms with van der Waals surface area (Å²) in [7, 11) is 0. The van der Waals surface area contributed by atoms with Crippen LogP contribution in [0.4, 0.5) is 0 Å². The fourth-order valence-electron chi connectivity index (χ4n) is 6.16. The highest BCUT2D eigenvalue weighted by Crippen LogP contribution is 2.41. The summed E-state index contributed by atoms with van der Waals surface area (Å²) >= 11 is 0. The first-order chi connectivity index (χ1) is 13.1. The molecule has 2 amide bonds. The van der Waals surface area contributed by atoms with Gasteiger partial charge in [0.1, 0.15) is 6.10 Å². The van der Waals surface area contributed by atoms with E-state index < -0.39 is 0 Å². The molecule has 6 nitrogen and oxygen atoms in total. The van der Waals surface area contributed by atoms with Gasteiger partial charge in [-0.2, -0.15) is 0 Å². The second-order valence-electron chi connectivity index (χ2n) is 9.06. The molecule has 3 aliphatic heterocycles. The van der Waals surface area contributed by atoms with Crippen molar-refractivity contribution in [1.29, 1.82) is 0 Å². The van der Waals surface area contributed by atoms with E-state index in [2.05, 4.69) is 22.0 Å². The maximum atomic E-state index is 13.2. The quantitative estimate of drug-likeness (QED) is 0.797. The van der Waals surface area contributed by atoms with Crippen LogP contribution in [0.5, 0.6) is 0 Å². The summed E-state index contributed by atoms with van der Waals surface area (Å²) in [6, 6.07) is 0.425. The highest BCUT2D eigenvalue weighted by atomic mass is 16.5. The number of nitrogens with one attached hydrogen (secondary N) is 1. The molecule has 0 radical (unpaired) electrons. The van der Waals surface area contributed by atoms with Crippen molar-refractivity contribution in [3.05, 3.63) is 0 Å². The molecule has 4 unspecified atom stereocenters. The standard InChI is InChI=1S/C21H35N3O3/c1-14-13-23(21(26)20-4-3-11-27-20)19-12-17(16-7-9-22-10-8-16)5-6-18(19)24(14)15(2)25/h14,16-20,22H,3-13H2,1-2H3/t14-,17?,18?,19?,20?/m0/s1. The Morgan fingerprint density at radius 2 is 1.78 bits per heavy atom. The molecular weight excluding hydrogens is 342 g/mol. The molecule has 1 N–H and O–H groups in total. The molecule has 4 fully saturated rings. The normalized spacial score (nSPS) is 37.9. The lowest BCUT2D eigenvalue weighted by molar-refractivity contribution is -0.160. The fraction of sp³-hybridized carbons (Fsp3) is 0.905.